The van der Waals surface area contributed by atoms with Gasteiger partial charge in [-0.25, -0.2) is 0 Å². The van der Waals surface area contributed by atoms with E-state index in [1.54, 1.807) is 19.0 Å². The number of hydrogen-bond donors (Lipinski definition) is 2. The summed E-state index contributed by atoms with van der Waals surface area (Å²) < 4.78 is 4.93. The lowest BCUT2D eigenvalue weighted by Crippen LogP contribution is -2.62. The number of amides is 2. The summed E-state index contributed by atoms with van der Waals surface area (Å²) in [5.41, 5.74) is -0.0575. The largest absolute Gasteiger partial charge is 0.469 e. The minimum absolute atomic E-state index is 0.0332. The first kappa shape index (κ1) is 36.4. The maximum absolute atomic E-state index is 14.1. The normalized spacial score (nSPS) is 19.6. The van der Waals surface area contributed by atoms with Gasteiger partial charge in [-0.1, -0.05) is 85.2 Å². The fourth-order valence-electron chi connectivity index (χ4n) is 6.42. The average Bonchev–Trinajstić information content (AvgIpc) is 3.44. The lowest BCUT2D eigenvalue weighted by Gasteiger charge is -2.41. The maximum Gasteiger partial charge on any atom is 0.309 e. The van der Waals surface area contributed by atoms with E-state index < -0.39 is 22.9 Å². The third-order valence-corrected chi connectivity index (χ3v) is 9.16. The summed E-state index contributed by atoms with van der Waals surface area (Å²) in [4.78, 5) is 56.9. The summed E-state index contributed by atoms with van der Waals surface area (Å²) in [6.07, 6.45) is 2.21. The number of nitrogens with zero attached hydrogens (tertiary/aromatic N) is 2. The minimum Gasteiger partial charge on any atom is -0.469 e. The van der Waals surface area contributed by atoms with E-state index in [4.69, 9.17) is 4.74 Å². The van der Waals surface area contributed by atoms with Crippen molar-refractivity contribution in [3.05, 3.63) is 35.9 Å². The first-order valence-electron chi connectivity index (χ1n) is 15.6. The van der Waals surface area contributed by atoms with Gasteiger partial charge in [0.15, 0.2) is 5.78 Å². The van der Waals surface area contributed by atoms with E-state index in [1.807, 2.05) is 76.9 Å². The molecule has 1 aromatic rings. The van der Waals surface area contributed by atoms with Gasteiger partial charge in [0.25, 0.3) is 0 Å². The molecule has 43 heavy (non-hydrogen) atoms. The number of ketones is 1. The number of hydrogen-bond acceptors (Lipinski definition) is 7. The summed E-state index contributed by atoms with van der Waals surface area (Å²) in [6, 6.07) is 8.35. The molecule has 9 heteroatoms. The molecule has 2 rings (SSSR count). The molecule has 0 heterocycles. The van der Waals surface area contributed by atoms with E-state index in [0.717, 1.165) is 12.0 Å². The van der Waals surface area contributed by atoms with Crippen LogP contribution in [-0.2, 0) is 29.3 Å². The fraction of sp³-hybridized carbons (Fsp3) is 0.706. The number of likely N-dealkylation sites (N-methyl/N-ethyl adjacent to an activating group) is 3. The van der Waals surface area contributed by atoms with Crippen LogP contribution in [0.15, 0.2) is 30.3 Å². The van der Waals surface area contributed by atoms with Crippen LogP contribution in [0, 0.1) is 23.2 Å². The number of ether oxygens (including phenoxy) is 1. The van der Waals surface area contributed by atoms with Crippen molar-refractivity contribution in [2.24, 2.45) is 23.2 Å². The van der Waals surface area contributed by atoms with E-state index in [0.29, 0.717) is 19.4 Å². The van der Waals surface area contributed by atoms with Crippen molar-refractivity contribution in [3.8, 4) is 0 Å². The topological polar surface area (TPSA) is 108 Å². The smallest absolute Gasteiger partial charge is 0.309 e. The van der Waals surface area contributed by atoms with Gasteiger partial charge in [0.1, 0.15) is 6.04 Å². The van der Waals surface area contributed by atoms with Crippen molar-refractivity contribution < 1.29 is 23.9 Å². The Hall–Kier alpha value is -2.78. The van der Waals surface area contributed by atoms with Gasteiger partial charge in [-0.15, -0.1) is 0 Å². The van der Waals surface area contributed by atoms with Crippen molar-refractivity contribution in [2.75, 3.05) is 41.3 Å². The SMILES string of the molecule is CN[C@H](C(=O)N[C@H](C(=O)N(C)[C@H](CN(C)CC(=O)C1CCC[C@H]1C(=O)OC)C(C)C)C(C)(C)C)C(C)(C)c1ccccc1. The number of carbonyl (C=O) groups is 4. The molecular formula is C34H56N4O5. The molecule has 1 aliphatic rings. The van der Waals surface area contributed by atoms with Crippen molar-refractivity contribution in [1.29, 1.82) is 0 Å². The fourth-order valence-corrected chi connectivity index (χ4v) is 6.42. The maximum atomic E-state index is 14.1. The molecule has 1 unspecified atom stereocenters. The Bertz CT molecular complexity index is 1100. The zero-order valence-electron chi connectivity index (χ0n) is 28.3. The number of benzene rings is 1. The van der Waals surface area contributed by atoms with E-state index in [1.165, 1.54) is 7.11 Å². The van der Waals surface area contributed by atoms with Gasteiger partial charge in [0.05, 0.1) is 25.6 Å². The molecule has 0 aromatic heterocycles. The Morgan fingerprint density at radius 1 is 0.953 bits per heavy atom. The number of Topliss-reactive ketones (excluding diaryl/α,β-unsaturated/α-hetero) is 1. The molecule has 242 valence electrons. The molecule has 1 aromatic carbocycles. The van der Waals surface area contributed by atoms with Crippen LogP contribution in [0.25, 0.3) is 0 Å². The molecule has 0 spiro atoms. The van der Waals surface area contributed by atoms with E-state index >= 15 is 0 Å². The lowest BCUT2D eigenvalue weighted by molar-refractivity contribution is -0.149. The molecule has 1 aliphatic carbocycles. The van der Waals surface area contributed by atoms with Gasteiger partial charge in [0.2, 0.25) is 11.8 Å². The zero-order valence-corrected chi connectivity index (χ0v) is 28.3. The van der Waals surface area contributed by atoms with Gasteiger partial charge in [0, 0.05) is 31.0 Å². The highest BCUT2D eigenvalue weighted by molar-refractivity contribution is 5.91. The summed E-state index contributed by atoms with van der Waals surface area (Å²) in [5.74, 6) is -1.29. The summed E-state index contributed by atoms with van der Waals surface area (Å²) in [6.45, 7) is 14.7. The van der Waals surface area contributed by atoms with Crippen LogP contribution in [0.2, 0.25) is 0 Å². The second-order valence-electron chi connectivity index (χ2n) is 14.2. The van der Waals surface area contributed by atoms with Crippen molar-refractivity contribution in [2.45, 2.75) is 91.3 Å². The first-order chi connectivity index (χ1) is 20.0. The minimum atomic E-state index is -0.764. The van der Waals surface area contributed by atoms with Crippen LogP contribution in [-0.4, -0.2) is 92.8 Å². The molecule has 9 nitrogen and oxygen atoms in total. The number of methoxy groups -OCH3 is 1. The quantitative estimate of drug-likeness (QED) is 0.314. The van der Waals surface area contributed by atoms with Crippen LogP contribution >= 0.6 is 0 Å². The Labute approximate surface area is 259 Å². The van der Waals surface area contributed by atoms with Gasteiger partial charge in [-0.3, -0.25) is 24.1 Å². The lowest BCUT2D eigenvalue weighted by atomic mass is 9.76. The van der Waals surface area contributed by atoms with Gasteiger partial charge in [-0.2, -0.15) is 0 Å². The molecular weight excluding hydrogens is 544 g/mol. The Morgan fingerprint density at radius 3 is 2.05 bits per heavy atom. The van der Waals surface area contributed by atoms with E-state index in [-0.39, 0.29) is 53.9 Å². The molecule has 0 bridgehead atoms. The molecule has 2 N–H and O–H groups in total. The molecule has 1 saturated carbocycles. The third kappa shape index (κ3) is 9.11. The van der Waals surface area contributed by atoms with Crippen molar-refractivity contribution in [1.82, 2.24) is 20.4 Å². The summed E-state index contributed by atoms with van der Waals surface area (Å²) in [5, 5.41) is 6.28. The number of rotatable bonds is 14. The molecule has 0 radical (unpaired) electrons. The highest BCUT2D eigenvalue weighted by Crippen LogP contribution is 2.34. The Morgan fingerprint density at radius 2 is 1.53 bits per heavy atom. The summed E-state index contributed by atoms with van der Waals surface area (Å²) in [7, 11) is 6.78. The van der Waals surface area contributed by atoms with Crippen LogP contribution in [0.1, 0.15) is 73.3 Å². The monoisotopic (exact) mass is 600 g/mol. The van der Waals surface area contributed by atoms with E-state index in [9.17, 15) is 19.2 Å². The second kappa shape index (κ2) is 15.3. The highest BCUT2D eigenvalue weighted by atomic mass is 16.5. The van der Waals surface area contributed by atoms with Crippen molar-refractivity contribution >= 4 is 23.6 Å². The number of nitrogens with one attached hydrogen (secondary N) is 2. The third-order valence-electron chi connectivity index (χ3n) is 9.16. The predicted octanol–water partition coefficient (Wildman–Crippen LogP) is 3.66. The number of esters is 1. The van der Waals surface area contributed by atoms with Crippen LogP contribution in [0.3, 0.4) is 0 Å². The van der Waals surface area contributed by atoms with Gasteiger partial charge < -0.3 is 20.3 Å². The van der Waals surface area contributed by atoms with E-state index in [2.05, 4.69) is 24.5 Å². The van der Waals surface area contributed by atoms with Crippen LogP contribution < -0.4 is 10.6 Å². The average molecular weight is 601 g/mol. The highest BCUT2D eigenvalue weighted by Gasteiger charge is 2.42. The molecule has 5 atom stereocenters. The Kier molecular flexibility index (Phi) is 12.9. The zero-order chi connectivity index (χ0) is 32.7. The van der Waals surface area contributed by atoms with Crippen molar-refractivity contribution in [3.63, 3.8) is 0 Å². The van der Waals surface area contributed by atoms with Gasteiger partial charge in [-0.05, 0) is 43.8 Å². The molecule has 2 amide bonds. The molecule has 0 aliphatic heterocycles. The Balaban J connectivity index is 2.20. The second-order valence-corrected chi connectivity index (χ2v) is 14.2. The standard InChI is InChI=1S/C34H56N4O5/c1-22(2)26(20-37(9)21-27(39)24-18-15-19-25(24)32(42)43-11)38(10)31(41)29(33(3,4)5)36-30(40)28(35-8)34(6,7)23-16-13-12-14-17-23/h12-14,16-17,22,24-26,28-29,35H,15,18-21H2,1-11H3,(H,36,40)/t24?,25-,26-,28-,29-/m1/s1. The first-order valence-corrected chi connectivity index (χ1v) is 15.6. The van der Waals surface area contributed by atoms with Crippen LogP contribution in [0.5, 0.6) is 0 Å². The molecule has 1 fully saturated rings. The molecule has 0 saturated heterocycles. The summed E-state index contributed by atoms with van der Waals surface area (Å²) >= 11 is 0. The van der Waals surface area contributed by atoms with Gasteiger partial charge >= 0.3 is 5.97 Å². The van der Waals surface area contributed by atoms with Crippen LogP contribution in [0.4, 0.5) is 0 Å². The number of carbonyl (C=O) groups excluding carboxylic acids is 4. The predicted molar refractivity (Wildman–Crippen MR) is 170 cm³/mol.